The second-order valence-electron chi connectivity index (χ2n) is 7.13. The standard InChI is InChI=1S/C22H22FN3O3/c1-28-19-7-3-2-6-18(19)22(27)26-12-4-5-16(14-26)21-25-24-20(29-21)13-15-8-10-17(23)11-9-15/h2-3,6-11,16H,4-5,12-14H2,1H3. The van der Waals surface area contributed by atoms with Crippen molar-refractivity contribution in [3.63, 3.8) is 0 Å². The molecule has 3 aromatic rings. The SMILES string of the molecule is COc1ccccc1C(=O)N1CCCC(c2nnc(Cc3ccc(F)cc3)o2)C1. The zero-order valence-electron chi connectivity index (χ0n) is 16.2. The molecule has 150 valence electrons. The van der Waals surface area contributed by atoms with Gasteiger partial charge in [-0.25, -0.2) is 4.39 Å². The first-order chi connectivity index (χ1) is 14.1. The summed E-state index contributed by atoms with van der Waals surface area (Å²) in [5.41, 5.74) is 1.45. The molecule has 1 unspecified atom stereocenters. The minimum absolute atomic E-state index is 0.00289. The van der Waals surface area contributed by atoms with Gasteiger partial charge in [0, 0.05) is 13.1 Å². The van der Waals surface area contributed by atoms with Crippen LogP contribution in [0.2, 0.25) is 0 Å². The van der Waals surface area contributed by atoms with Gasteiger partial charge in [-0.05, 0) is 42.7 Å². The zero-order chi connectivity index (χ0) is 20.2. The second kappa shape index (κ2) is 8.43. The molecule has 1 fully saturated rings. The number of piperidine rings is 1. The number of hydrogen-bond donors (Lipinski definition) is 0. The van der Waals surface area contributed by atoms with Crippen LogP contribution in [0.1, 0.15) is 46.5 Å². The molecule has 0 bridgehead atoms. The molecule has 7 heteroatoms. The van der Waals surface area contributed by atoms with Crippen LogP contribution in [0.15, 0.2) is 52.9 Å². The molecule has 0 spiro atoms. The van der Waals surface area contributed by atoms with Gasteiger partial charge in [0.25, 0.3) is 5.91 Å². The smallest absolute Gasteiger partial charge is 0.257 e. The lowest BCUT2D eigenvalue weighted by Gasteiger charge is -2.31. The summed E-state index contributed by atoms with van der Waals surface area (Å²) >= 11 is 0. The van der Waals surface area contributed by atoms with Crippen LogP contribution in [0.4, 0.5) is 4.39 Å². The molecule has 2 aromatic carbocycles. The highest BCUT2D eigenvalue weighted by atomic mass is 19.1. The lowest BCUT2D eigenvalue weighted by molar-refractivity contribution is 0.0694. The molecule has 1 aliphatic rings. The maximum atomic E-state index is 13.1. The molecular formula is C22H22FN3O3. The van der Waals surface area contributed by atoms with Crippen LogP contribution in [0, 0.1) is 5.82 Å². The molecule has 0 aliphatic carbocycles. The van der Waals surface area contributed by atoms with E-state index in [-0.39, 0.29) is 17.6 Å². The maximum Gasteiger partial charge on any atom is 0.257 e. The minimum Gasteiger partial charge on any atom is -0.496 e. The number of nitrogens with zero attached hydrogens (tertiary/aromatic N) is 3. The molecule has 0 saturated carbocycles. The fourth-order valence-corrected chi connectivity index (χ4v) is 3.63. The largest absolute Gasteiger partial charge is 0.496 e. The second-order valence-corrected chi connectivity index (χ2v) is 7.13. The van der Waals surface area contributed by atoms with E-state index >= 15 is 0 Å². The van der Waals surface area contributed by atoms with Crippen LogP contribution in [0.25, 0.3) is 0 Å². The van der Waals surface area contributed by atoms with Crippen molar-refractivity contribution in [3.05, 3.63) is 77.3 Å². The van der Waals surface area contributed by atoms with Crippen LogP contribution >= 0.6 is 0 Å². The van der Waals surface area contributed by atoms with Crippen molar-refractivity contribution < 1.29 is 18.3 Å². The van der Waals surface area contributed by atoms with E-state index in [0.29, 0.717) is 42.6 Å². The van der Waals surface area contributed by atoms with Gasteiger partial charge in [-0.2, -0.15) is 0 Å². The van der Waals surface area contributed by atoms with E-state index in [4.69, 9.17) is 9.15 Å². The van der Waals surface area contributed by atoms with Crippen molar-refractivity contribution in [2.24, 2.45) is 0 Å². The van der Waals surface area contributed by atoms with Gasteiger partial charge in [-0.3, -0.25) is 4.79 Å². The molecule has 1 aliphatic heterocycles. The number of halogens is 1. The highest BCUT2D eigenvalue weighted by molar-refractivity contribution is 5.97. The van der Waals surface area contributed by atoms with Crippen molar-refractivity contribution in [2.45, 2.75) is 25.2 Å². The Hall–Kier alpha value is -3.22. The van der Waals surface area contributed by atoms with Crippen LogP contribution in [0.3, 0.4) is 0 Å². The monoisotopic (exact) mass is 395 g/mol. The number of likely N-dealkylation sites (tertiary alicyclic amines) is 1. The number of amides is 1. The van der Waals surface area contributed by atoms with Crippen molar-refractivity contribution in [2.75, 3.05) is 20.2 Å². The molecule has 0 N–H and O–H groups in total. The summed E-state index contributed by atoms with van der Waals surface area (Å²) in [6, 6.07) is 13.5. The number of rotatable bonds is 5. The number of aromatic nitrogens is 2. The summed E-state index contributed by atoms with van der Waals surface area (Å²) < 4.78 is 24.2. The summed E-state index contributed by atoms with van der Waals surface area (Å²) in [5.74, 6) is 1.26. The number of ether oxygens (including phenoxy) is 1. The Morgan fingerprint density at radius 1 is 1.21 bits per heavy atom. The van der Waals surface area contributed by atoms with E-state index < -0.39 is 0 Å². The van der Waals surface area contributed by atoms with Gasteiger partial charge >= 0.3 is 0 Å². The Labute approximate surface area is 168 Å². The third-order valence-electron chi connectivity index (χ3n) is 5.15. The molecule has 0 radical (unpaired) electrons. The van der Waals surface area contributed by atoms with Crippen LogP contribution in [-0.2, 0) is 6.42 Å². The van der Waals surface area contributed by atoms with E-state index in [1.165, 1.54) is 12.1 Å². The number of methoxy groups -OCH3 is 1. The van der Waals surface area contributed by atoms with Crippen LogP contribution in [-0.4, -0.2) is 41.2 Å². The minimum atomic E-state index is -0.276. The first-order valence-electron chi connectivity index (χ1n) is 9.63. The van der Waals surface area contributed by atoms with E-state index in [1.54, 1.807) is 31.4 Å². The van der Waals surface area contributed by atoms with E-state index in [1.807, 2.05) is 17.0 Å². The van der Waals surface area contributed by atoms with E-state index in [9.17, 15) is 9.18 Å². The fourth-order valence-electron chi connectivity index (χ4n) is 3.63. The van der Waals surface area contributed by atoms with Crippen molar-refractivity contribution in [1.82, 2.24) is 15.1 Å². The third-order valence-corrected chi connectivity index (χ3v) is 5.15. The van der Waals surface area contributed by atoms with Crippen LogP contribution < -0.4 is 4.74 Å². The quantitative estimate of drug-likeness (QED) is 0.657. The summed E-state index contributed by atoms with van der Waals surface area (Å²) in [6.45, 7) is 1.21. The van der Waals surface area contributed by atoms with Crippen LogP contribution in [0.5, 0.6) is 5.75 Å². The molecular weight excluding hydrogens is 373 g/mol. The average molecular weight is 395 g/mol. The first kappa shape index (κ1) is 19.1. The Kier molecular flexibility index (Phi) is 5.55. The predicted octanol–water partition coefficient (Wildman–Crippen LogP) is 3.83. The van der Waals surface area contributed by atoms with Crippen molar-refractivity contribution in [3.8, 4) is 5.75 Å². The summed E-state index contributed by atoms with van der Waals surface area (Å²) in [6.07, 6.45) is 2.19. The highest BCUT2D eigenvalue weighted by Gasteiger charge is 2.30. The molecule has 29 heavy (non-hydrogen) atoms. The van der Waals surface area contributed by atoms with Crippen molar-refractivity contribution >= 4 is 5.91 Å². The van der Waals surface area contributed by atoms with Gasteiger partial charge in [-0.1, -0.05) is 24.3 Å². The van der Waals surface area contributed by atoms with Gasteiger partial charge in [0.05, 0.1) is 25.0 Å². The molecule has 6 nitrogen and oxygen atoms in total. The van der Waals surface area contributed by atoms with Gasteiger partial charge in [0.2, 0.25) is 11.8 Å². The normalized spacial score (nSPS) is 16.6. The molecule has 4 rings (SSSR count). The molecule has 1 aromatic heterocycles. The number of benzene rings is 2. The highest BCUT2D eigenvalue weighted by Crippen LogP contribution is 2.29. The van der Waals surface area contributed by atoms with Gasteiger partial charge in [0.1, 0.15) is 11.6 Å². The van der Waals surface area contributed by atoms with Gasteiger partial charge < -0.3 is 14.1 Å². The van der Waals surface area contributed by atoms with E-state index in [0.717, 1.165) is 18.4 Å². The number of carbonyl (C=O) groups excluding carboxylic acids is 1. The Balaban J connectivity index is 1.45. The topological polar surface area (TPSA) is 68.5 Å². The predicted molar refractivity (Wildman–Crippen MR) is 104 cm³/mol. The van der Waals surface area contributed by atoms with E-state index in [2.05, 4.69) is 10.2 Å². The number of para-hydroxylation sites is 1. The summed E-state index contributed by atoms with van der Waals surface area (Å²) in [4.78, 5) is 14.8. The molecule has 1 amide bonds. The fraction of sp³-hybridized carbons (Fsp3) is 0.318. The maximum absolute atomic E-state index is 13.1. The number of carbonyl (C=O) groups is 1. The molecule has 2 heterocycles. The zero-order valence-corrected chi connectivity index (χ0v) is 16.2. The lowest BCUT2D eigenvalue weighted by Crippen LogP contribution is -2.39. The number of hydrogen-bond acceptors (Lipinski definition) is 5. The van der Waals surface area contributed by atoms with Gasteiger partial charge in [0.15, 0.2) is 0 Å². The molecule has 1 saturated heterocycles. The first-order valence-corrected chi connectivity index (χ1v) is 9.63. The Morgan fingerprint density at radius 3 is 2.79 bits per heavy atom. The third kappa shape index (κ3) is 4.29. The summed E-state index contributed by atoms with van der Waals surface area (Å²) in [7, 11) is 1.56. The van der Waals surface area contributed by atoms with Crippen molar-refractivity contribution in [1.29, 1.82) is 0 Å². The lowest BCUT2D eigenvalue weighted by atomic mass is 9.97. The van der Waals surface area contributed by atoms with Gasteiger partial charge in [-0.15, -0.1) is 10.2 Å². The molecule has 1 atom stereocenters. The summed E-state index contributed by atoms with van der Waals surface area (Å²) in [5, 5.41) is 8.33. The Bertz CT molecular complexity index is 987. The average Bonchev–Trinajstić information content (AvgIpc) is 3.23. The Morgan fingerprint density at radius 2 is 2.00 bits per heavy atom.